The van der Waals surface area contributed by atoms with Crippen LogP contribution in [0.25, 0.3) is 0 Å². The second-order valence-corrected chi connectivity index (χ2v) is 3.24. The number of hydrogen-bond donors (Lipinski definition) is 2. The van der Waals surface area contributed by atoms with Gasteiger partial charge in [-0.25, -0.2) is 4.39 Å². The molecule has 0 atom stereocenters. The summed E-state index contributed by atoms with van der Waals surface area (Å²) in [5.41, 5.74) is 0.735. The van der Waals surface area contributed by atoms with Crippen LogP contribution in [0.15, 0.2) is 29.1 Å². The molecule has 6 heteroatoms. The van der Waals surface area contributed by atoms with Crippen LogP contribution in [-0.4, -0.2) is 15.2 Å². The number of nitrogens with zero attached hydrogens (tertiary/aromatic N) is 2. The van der Waals surface area contributed by atoms with Gasteiger partial charge in [0.25, 0.3) is 0 Å². The van der Waals surface area contributed by atoms with E-state index in [0.717, 1.165) is 5.56 Å². The lowest BCUT2D eigenvalue weighted by molar-refractivity contribution is 0.407. The van der Waals surface area contributed by atoms with Gasteiger partial charge in [0.1, 0.15) is 0 Å². The van der Waals surface area contributed by atoms with Crippen molar-refractivity contribution in [1.29, 1.82) is 0 Å². The standard InChI is InChI=1S/C10H10FN3O2/c11-8-3-7(1-2-9(8)15)4-12-5-10-13-6-16-14-10/h1-3,6,12,15H,4-5H2. The zero-order valence-corrected chi connectivity index (χ0v) is 8.35. The van der Waals surface area contributed by atoms with Crippen LogP contribution in [-0.2, 0) is 13.1 Å². The lowest BCUT2D eigenvalue weighted by atomic mass is 10.2. The van der Waals surface area contributed by atoms with Crippen LogP contribution in [0.5, 0.6) is 5.75 Å². The van der Waals surface area contributed by atoms with Gasteiger partial charge in [0.2, 0.25) is 6.39 Å². The normalized spacial score (nSPS) is 10.6. The van der Waals surface area contributed by atoms with Crippen LogP contribution in [0.4, 0.5) is 4.39 Å². The Hall–Kier alpha value is -1.95. The Morgan fingerprint density at radius 3 is 2.94 bits per heavy atom. The predicted octanol–water partition coefficient (Wildman–Crippen LogP) is 1.20. The molecule has 2 rings (SSSR count). The van der Waals surface area contributed by atoms with Crippen molar-refractivity contribution >= 4 is 0 Å². The Morgan fingerprint density at radius 2 is 2.25 bits per heavy atom. The molecule has 5 nitrogen and oxygen atoms in total. The maximum Gasteiger partial charge on any atom is 0.213 e. The van der Waals surface area contributed by atoms with Gasteiger partial charge < -0.3 is 14.9 Å². The molecule has 0 aliphatic rings. The Kier molecular flexibility index (Phi) is 3.11. The number of phenolic OH excluding ortho intramolecular Hbond substituents is 1. The Morgan fingerprint density at radius 1 is 1.38 bits per heavy atom. The molecule has 0 spiro atoms. The van der Waals surface area contributed by atoms with E-state index >= 15 is 0 Å². The maximum absolute atomic E-state index is 13.0. The highest BCUT2D eigenvalue weighted by atomic mass is 19.1. The number of rotatable bonds is 4. The summed E-state index contributed by atoms with van der Waals surface area (Å²) in [5.74, 6) is -0.431. The monoisotopic (exact) mass is 223 g/mol. The van der Waals surface area contributed by atoms with Crippen LogP contribution in [0.3, 0.4) is 0 Å². The molecule has 0 unspecified atom stereocenters. The molecular weight excluding hydrogens is 213 g/mol. The molecule has 0 fully saturated rings. The summed E-state index contributed by atoms with van der Waals surface area (Å²) in [6.45, 7) is 0.907. The van der Waals surface area contributed by atoms with Crippen molar-refractivity contribution in [3.05, 3.63) is 41.8 Å². The van der Waals surface area contributed by atoms with Crippen molar-refractivity contribution in [2.24, 2.45) is 0 Å². The van der Waals surface area contributed by atoms with Crippen molar-refractivity contribution in [1.82, 2.24) is 15.5 Å². The van der Waals surface area contributed by atoms with E-state index in [1.54, 1.807) is 6.07 Å². The highest BCUT2D eigenvalue weighted by Gasteiger charge is 2.02. The third-order valence-corrected chi connectivity index (χ3v) is 2.03. The minimum atomic E-state index is -0.626. The number of nitrogens with one attached hydrogen (secondary N) is 1. The molecule has 16 heavy (non-hydrogen) atoms. The van der Waals surface area contributed by atoms with Crippen molar-refractivity contribution in [3.8, 4) is 5.75 Å². The number of phenols is 1. The molecule has 1 heterocycles. The summed E-state index contributed by atoms with van der Waals surface area (Å²) in [4.78, 5) is 3.82. The largest absolute Gasteiger partial charge is 0.505 e. The molecule has 2 aromatic rings. The molecule has 0 saturated carbocycles. The molecular formula is C10H10FN3O2. The van der Waals surface area contributed by atoms with Crippen molar-refractivity contribution in [2.45, 2.75) is 13.1 Å². The summed E-state index contributed by atoms with van der Waals surface area (Å²) in [6.07, 6.45) is 1.25. The first kappa shape index (κ1) is 10.6. The van der Waals surface area contributed by atoms with Gasteiger partial charge in [-0.05, 0) is 17.7 Å². The molecule has 0 aliphatic carbocycles. The molecule has 2 N–H and O–H groups in total. The summed E-state index contributed by atoms with van der Waals surface area (Å²) < 4.78 is 17.5. The van der Waals surface area contributed by atoms with E-state index in [9.17, 15) is 4.39 Å². The zero-order valence-electron chi connectivity index (χ0n) is 8.35. The number of halogens is 1. The van der Waals surface area contributed by atoms with Crippen molar-refractivity contribution < 1.29 is 14.0 Å². The Labute approximate surface area is 90.9 Å². The number of aromatic hydroxyl groups is 1. The van der Waals surface area contributed by atoms with Crippen LogP contribution in [0.2, 0.25) is 0 Å². The van der Waals surface area contributed by atoms with E-state index in [2.05, 4.69) is 20.0 Å². The average Bonchev–Trinajstić information content (AvgIpc) is 2.76. The summed E-state index contributed by atoms with van der Waals surface area (Å²) in [5, 5.41) is 15.6. The van der Waals surface area contributed by atoms with Gasteiger partial charge in [-0.15, -0.1) is 0 Å². The SMILES string of the molecule is Oc1ccc(CNCc2ncon2)cc1F. The van der Waals surface area contributed by atoms with Gasteiger partial charge in [0, 0.05) is 6.54 Å². The quantitative estimate of drug-likeness (QED) is 0.815. The molecule has 0 bridgehead atoms. The minimum absolute atomic E-state index is 0.345. The Balaban J connectivity index is 1.87. The second-order valence-electron chi connectivity index (χ2n) is 3.24. The van der Waals surface area contributed by atoms with Crippen LogP contribution < -0.4 is 5.32 Å². The molecule has 1 aromatic carbocycles. The van der Waals surface area contributed by atoms with Gasteiger partial charge in [-0.1, -0.05) is 11.2 Å². The third-order valence-electron chi connectivity index (χ3n) is 2.03. The van der Waals surface area contributed by atoms with E-state index in [4.69, 9.17) is 5.11 Å². The van der Waals surface area contributed by atoms with Gasteiger partial charge in [-0.3, -0.25) is 0 Å². The molecule has 1 aromatic heterocycles. The number of aromatic nitrogens is 2. The fourth-order valence-electron chi connectivity index (χ4n) is 1.25. The first-order valence-electron chi connectivity index (χ1n) is 4.69. The smallest absolute Gasteiger partial charge is 0.213 e. The molecule has 0 radical (unpaired) electrons. The summed E-state index contributed by atoms with van der Waals surface area (Å²) in [6, 6.07) is 4.24. The molecule has 0 saturated heterocycles. The van der Waals surface area contributed by atoms with E-state index in [0.29, 0.717) is 18.9 Å². The van der Waals surface area contributed by atoms with E-state index in [1.807, 2.05) is 0 Å². The molecule has 0 aliphatic heterocycles. The Bertz CT molecular complexity index is 459. The third kappa shape index (κ3) is 2.54. The van der Waals surface area contributed by atoms with Gasteiger partial charge in [-0.2, -0.15) is 4.98 Å². The molecule has 0 amide bonds. The van der Waals surface area contributed by atoms with Gasteiger partial charge in [0.15, 0.2) is 17.4 Å². The minimum Gasteiger partial charge on any atom is -0.505 e. The maximum atomic E-state index is 13.0. The first-order chi connectivity index (χ1) is 7.75. The van der Waals surface area contributed by atoms with Crippen molar-refractivity contribution in [3.63, 3.8) is 0 Å². The second kappa shape index (κ2) is 4.71. The molecule has 84 valence electrons. The van der Waals surface area contributed by atoms with Crippen LogP contribution in [0, 0.1) is 5.82 Å². The van der Waals surface area contributed by atoms with E-state index in [1.165, 1.54) is 18.5 Å². The lowest BCUT2D eigenvalue weighted by Gasteiger charge is -2.03. The van der Waals surface area contributed by atoms with Crippen LogP contribution >= 0.6 is 0 Å². The average molecular weight is 223 g/mol. The fraction of sp³-hybridized carbons (Fsp3) is 0.200. The summed E-state index contributed by atoms with van der Waals surface area (Å²) in [7, 11) is 0. The predicted molar refractivity (Wildman–Crippen MR) is 52.9 cm³/mol. The highest BCUT2D eigenvalue weighted by molar-refractivity contribution is 5.27. The number of benzene rings is 1. The summed E-state index contributed by atoms with van der Waals surface area (Å²) >= 11 is 0. The van der Waals surface area contributed by atoms with Crippen LogP contribution in [0.1, 0.15) is 11.4 Å². The first-order valence-corrected chi connectivity index (χ1v) is 4.69. The fourth-order valence-corrected chi connectivity index (χ4v) is 1.25. The topological polar surface area (TPSA) is 71.2 Å². The van der Waals surface area contributed by atoms with Gasteiger partial charge >= 0.3 is 0 Å². The van der Waals surface area contributed by atoms with Gasteiger partial charge in [0.05, 0.1) is 6.54 Å². The highest BCUT2D eigenvalue weighted by Crippen LogP contribution is 2.15. The van der Waals surface area contributed by atoms with E-state index in [-0.39, 0.29) is 5.75 Å². The number of hydrogen-bond acceptors (Lipinski definition) is 5. The van der Waals surface area contributed by atoms with Crippen molar-refractivity contribution in [2.75, 3.05) is 0 Å². The van der Waals surface area contributed by atoms with E-state index < -0.39 is 5.82 Å². The lowest BCUT2D eigenvalue weighted by Crippen LogP contribution is -2.13. The zero-order chi connectivity index (χ0) is 11.4.